The van der Waals surface area contributed by atoms with Gasteiger partial charge in [0.25, 0.3) is 0 Å². The first kappa shape index (κ1) is 14.7. The van der Waals surface area contributed by atoms with Crippen molar-refractivity contribution in [2.45, 2.75) is 19.4 Å². The molecule has 8 heteroatoms. The molecule has 7 nitrogen and oxygen atoms in total. The summed E-state index contributed by atoms with van der Waals surface area (Å²) in [4.78, 5) is 26.1. The third-order valence-corrected chi connectivity index (χ3v) is 4.29. The Morgan fingerprint density at radius 3 is 2.90 bits per heavy atom. The van der Waals surface area contributed by atoms with Gasteiger partial charge in [-0.3, -0.25) is 14.5 Å². The van der Waals surface area contributed by atoms with Crippen molar-refractivity contribution in [2.75, 3.05) is 32.7 Å². The molecule has 0 aromatic carbocycles. The zero-order chi connectivity index (χ0) is 14.8. The Bertz CT molecular complexity index is 675. The van der Waals surface area contributed by atoms with E-state index in [0.717, 1.165) is 39.1 Å². The monoisotopic (exact) mass is 354 g/mol. The van der Waals surface area contributed by atoms with E-state index in [-0.39, 0.29) is 11.7 Å². The van der Waals surface area contributed by atoms with Gasteiger partial charge in [-0.15, -0.1) is 0 Å². The topological polar surface area (TPSA) is 78.8 Å². The van der Waals surface area contributed by atoms with Gasteiger partial charge in [0.1, 0.15) is 4.60 Å². The molecule has 0 saturated carbocycles. The van der Waals surface area contributed by atoms with Crippen LogP contribution in [0.1, 0.15) is 19.4 Å². The van der Waals surface area contributed by atoms with Gasteiger partial charge in [0, 0.05) is 32.7 Å². The SMILES string of the molecule is CCC(CN1CCNCC1)n1c(=O)[nH]c2ncc(Br)nc21. The first-order valence-electron chi connectivity index (χ1n) is 7.25. The van der Waals surface area contributed by atoms with E-state index < -0.39 is 0 Å². The van der Waals surface area contributed by atoms with Crippen LogP contribution in [-0.2, 0) is 0 Å². The third-order valence-electron chi connectivity index (χ3n) is 3.91. The van der Waals surface area contributed by atoms with Gasteiger partial charge < -0.3 is 5.32 Å². The number of aromatic amines is 1. The van der Waals surface area contributed by atoms with E-state index in [2.05, 4.69) is 48.0 Å². The van der Waals surface area contributed by atoms with Crippen LogP contribution in [0.25, 0.3) is 11.3 Å². The highest BCUT2D eigenvalue weighted by Gasteiger charge is 2.21. The zero-order valence-electron chi connectivity index (χ0n) is 12.0. The maximum atomic E-state index is 12.3. The quantitative estimate of drug-likeness (QED) is 0.846. The van der Waals surface area contributed by atoms with Crippen LogP contribution in [0.3, 0.4) is 0 Å². The van der Waals surface area contributed by atoms with Gasteiger partial charge in [0.05, 0.1) is 12.2 Å². The van der Waals surface area contributed by atoms with Gasteiger partial charge in [0.15, 0.2) is 11.3 Å². The average Bonchev–Trinajstić information content (AvgIpc) is 2.81. The van der Waals surface area contributed by atoms with E-state index in [1.807, 2.05) is 0 Å². The number of nitrogens with one attached hydrogen (secondary N) is 2. The highest BCUT2D eigenvalue weighted by atomic mass is 79.9. The molecule has 0 bridgehead atoms. The van der Waals surface area contributed by atoms with Crippen LogP contribution in [0.2, 0.25) is 0 Å². The lowest BCUT2D eigenvalue weighted by molar-refractivity contribution is 0.204. The molecule has 1 saturated heterocycles. The van der Waals surface area contributed by atoms with Gasteiger partial charge in [-0.1, -0.05) is 6.92 Å². The maximum Gasteiger partial charge on any atom is 0.329 e. The van der Waals surface area contributed by atoms with Crippen LogP contribution in [0.4, 0.5) is 0 Å². The molecule has 114 valence electrons. The normalized spacial score (nSPS) is 18.2. The molecule has 0 amide bonds. The molecule has 1 aliphatic rings. The maximum absolute atomic E-state index is 12.3. The van der Waals surface area contributed by atoms with Gasteiger partial charge in [-0.25, -0.2) is 14.8 Å². The van der Waals surface area contributed by atoms with Crippen LogP contribution in [0, 0.1) is 0 Å². The molecule has 3 heterocycles. The van der Waals surface area contributed by atoms with Crippen molar-refractivity contribution in [3.63, 3.8) is 0 Å². The fourth-order valence-corrected chi connectivity index (χ4v) is 3.07. The highest BCUT2D eigenvalue weighted by molar-refractivity contribution is 9.10. The lowest BCUT2D eigenvalue weighted by Gasteiger charge is -2.30. The molecule has 0 aliphatic carbocycles. The van der Waals surface area contributed by atoms with E-state index in [0.29, 0.717) is 15.9 Å². The molecule has 2 aromatic rings. The standard InChI is InChI=1S/C13H19BrN6O/c1-2-9(8-19-5-3-15-4-6-19)20-12-11(18-13(20)21)16-7-10(14)17-12/h7,9,15H,2-6,8H2,1H3,(H,16,18,21). The Kier molecular flexibility index (Phi) is 4.37. The summed E-state index contributed by atoms with van der Waals surface area (Å²) in [6.45, 7) is 7.00. The van der Waals surface area contributed by atoms with Crippen LogP contribution in [0.5, 0.6) is 0 Å². The van der Waals surface area contributed by atoms with Crippen LogP contribution >= 0.6 is 15.9 Å². The fourth-order valence-electron chi connectivity index (χ4n) is 2.80. The highest BCUT2D eigenvalue weighted by Crippen LogP contribution is 2.18. The fraction of sp³-hybridized carbons (Fsp3) is 0.615. The molecular weight excluding hydrogens is 336 g/mol. The summed E-state index contributed by atoms with van der Waals surface area (Å²) in [6.07, 6.45) is 2.48. The molecule has 2 aromatic heterocycles. The molecule has 1 unspecified atom stereocenters. The lowest BCUT2D eigenvalue weighted by Crippen LogP contribution is -2.46. The second-order valence-corrected chi connectivity index (χ2v) is 6.09. The van der Waals surface area contributed by atoms with E-state index in [4.69, 9.17) is 0 Å². The first-order valence-corrected chi connectivity index (χ1v) is 8.04. The molecule has 1 fully saturated rings. The number of aromatic nitrogens is 4. The number of imidazole rings is 1. The minimum Gasteiger partial charge on any atom is -0.314 e. The third kappa shape index (κ3) is 3.02. The molecule has 21 heavy (non-hydrogen) atoms. The Hall–Kier alpha value is -1.25. The van der Waals surface area contributed by atoms with Crippen molar-refractivity contribution < 1.29 is 0 Å². The first-order chi connectivity index (χ1) is 10.2. The number of fused-ring (bicyclic) bond motifs is 1. The average molecular weight is 355 g/mol. The van der Waals surface area contributed by atoms with Crippen molar-refractivity contribution in [1.82, 2.24) is 29.7 Å². The molecule has 2 N–H and O–H groups in total. The van der Waals surface area contributed by atoms with Gasteiger partial charge in [-0.2, -0.15) is 0 Å². The summed E-state index contributed by atoms with van der Waals surface area (Å²) in [5.74, 6) is 0. The number of piperazine rings is 1. The number of rotatable bonds is 4. The molecule has 3 rings (SSSR count). The Morgan fingerprint density at radius 2 is 2.19 bits per heavy atom. The Labute approximate surface area is 130 Å². The molecular formula is C13H19BrN6O. The van der Waals surface area contributed by atoms with Crippen LogP contribution < -0.4 is 11.0 Å². The second-order valence-electron chi connectivity index (χ2n) is 5.28. The molecule has 1 aliphatic heterocycles. The second kappa shape index (κ2) is 6.25. The number of hydrogen-bond acceptors (Lipinski definition) is 5. The van der Waals surface area contributed by atoms with Crippen LogP contribution in [0.15, 0.2) is 15.6 Å². The summed E-state index contributed by atoms with van der Waals surface area (Å²) in [5, 5.41) is 3.34. The van der Waals surface area contributed by atoms with Gasteiger partial charge >= 0.3 is 5.69 Å². The predicted octanol–water partition coefficient (Wildman–Crippen LogP) is 0.738. The van der Waals surface area contributed by atoms with Crippen molar-refractivity contribution in [3.05, 3.63) is 21.3 Å². The minimum absolute atomic E-state index is 0.105. The molecule has 1 atom stereocenters. The zero-order valence-corrected chi connectivity index (χ0v) is 13.6. The van der Waals surface area contributed by atoms with E-state index in [1.165, 1.54) is 0 Å². The Morgan fingerprint density at radius 1 is 1.43 bits per heavy atom. The van der Waals surface area contributed by atoms with Gasteiger partial charge in [0.2, 0.25) is 0 Å². The molecule has 0 radical (unpaired) electrons. The number of hydrogen-bond donors (Lipinski definition) is 2. The summed E-state index contributed by atoms with van der Waals surface area (Å²) in [6, 6.07) is 0.105. The number of halogens is 1. The van der Waals surface area contributed by atoms with E-state index in [9.17, 15) is 4.79 Å². The molecule has 0 spiro atoms. The Balaban J connectivity index is 1.94. The van der Waals surface area contributed by atoms with E-state index in [1.54, 1.807) is 10.8 Å². The summed E-state index contributed by atoms with van der Waals surface area (Å²) < 4.78 is 2.38. The number of H-pyrrole nitrogens is 1. The van der Waals surface area contributed by atoms with Crippen molar-refractivity contribution >= 4 is 27.2 Å². The minimum atomic E-state index is -0.134. The van der Waals surface area contributed by atoms with Gasteiger partial charge in [-0.05, 0) is 22.4 Å². The van der Waals surface area contributed by atoms with E-state index >= 15 is 0 Å². The number of nitrogens with zero attached hydrogens (tertiary/aromatic N) is 4. The predicted molar refractivity (Wildman–Crippen MR) is 84.5 cm³/mol. The smallest absolute Gasteiger partial charge is 0.314 e. The largest absolute Gasteiger partial charge is 0.329 e. The van der Waals surface area contributed by atoms with Crippen molar-refractivity contribution in [3.8, 4) is 0 Å². The van der Waals surface area contributed by atoms with Crippen LogP contribution in [-0.4, -0.2) is 57.1 Å². The summed E-state index contributed by atoms with van der Waals surface area (Å²) >= 11 is 3.32. The summed E-state index contributed by atoms with van der Waals surface area (Å²) in [5.41, 5.74) is 1.03. The summed E-state index contributed by atoms with van der Waals surface area (Å²) in [7, 11) is 0. The lowest BCUT2D eigenvalue weighted by atomic mass is 10.2. The van der Waals surface area contributed by atoms with Crippen molar-refractivity contribution in [1.29, 1.82) is 0 Å². The van der Waals surface area contributed by atoms with Crippen molar-refractivity contribution in [2.24, 2.45) is 0 Å².